The maximum atomic E-state index is 13.2. The van der Waals surface area contributed by atoms with E-state index in [1.165, 1.54) is 70.1 Å². The van der Waals surface area contributed by atoms with Crippen molar-refractivity contribution in [2.75, 3.05) is 48.7 Å². The van der Waals surface area contributed by atoms with Crippen LogP contribution >= 0.6 is 67.8 Å². The van der Waals surface area contributed by atoms with Gasteiger partial charge in [-0.3, -0.25) is 29.0 Å². The molecule has 2 aromatic rings. The molecule has 4 aliphatic heterocycles. The number of amides is 4. The Morgan fingerprint density at radius 3 is 1.50 bits per heavy atom. The number of nitrogen functional groups attached to an aromatic ring is 2. The molecular formula is C28H28N10O10S6. The van der Waals surface area contributed by atoms with Gasteiger partial charge < -0.3 is 42.0 Å². The Kier molecular flexibility index (Phi) is 12.0. The first-order chi connectivity index (χ1) is 25.9. The van der Waals surface area contributed by atoms with Crippen LogP contribution in [-0.4, -0.2) is 137 Å². The van der Waals surface area contributed by atoms with Gasteiger partial charge in [-0.05, 0) is 11.1 Å². The molecule has 20 nitrogen and oxygen atoms in total. The lowest BCUT2D eigenvalue weighted by molar-refractivity contribution is -0.150. The molecule has 0 bridgehead atoms. The maximum absolute atomic E-state index is 13.2. The number of nitrogens with two attached hydrogens (primary N) is 2. The standard InChI is InChI=1S/C28H28N10O10S6/c1-47-35-13(11-7-51-27(29)31-11)19(39)33-15-21(41)37-17(25(43)44)9(3-49-23(15)37)5-53-54-6-10-4-50-24-16(22(42)38(24)18(10)26(45)46)34-20(40)14(36-48-2)12-8-52-28(30)32-12/h7-8,15-16,23-24H,3-6H2,1-2H3,(H2,29,31)(H2,30,32)(H,33,39)(H,34,40)(H,43,44)(H,45,46)/b35-13+,36-14+. The number of nitrogens with zero attached hydrogens (tertiary/aromatic N) is 6. The number of thioether (sulfide) groups is 2. The summed E-state index contributed by atoms with van der Waals surface area (Å²) < 4.78 is 0. The highest BCUT2D eigenvalue weighted by molar-refractivity contribution is 8.76. The highest BCUT2D eigenvalue weighted by Crippen LogP contribution is 2.44. The van der Waals surface area contributed by atoms with E-state index in [0.717, 1.165) is 32.5 Å². The van der Waals surface area contributed by atoms with E-state index in [1.807, 2.05) is 0 Å². The van der Waals surface area contributed by atoms with E-state index in [4.69, 9.17) is 21.1 Å². The van der Waals surface area contributed by atoms with Gasteiger partial charge in [0.2, 0.25) is 0 Å². The third-order valence-electron chi connectivity index (χ3n) is 7.95. The van der Waals surface area contributed by atoms with Gasteiger partial charge in [0.25, 0.3) is 23.6 Å². The monoisotopic (exact) mass is 856 g/mol. The molecule has 6 rings (SSSR count). The summed E-state index contributed by atoms with van der Waals surface area (Å²) in [7, 11) is 5.02. The fraction of sp³-hybridized carbons (Fsp3) is 0.357. The van der Waals surface area contributed by atoms with Crippen molar-refractivity contribution in [1.82, 2.24) is 30.4 Å². The summed E-state index contributed by atoms with van der Waals surface area (Å²) in [5, 5.41) is 34.8. The van der Waals surface area contributed by atoms with Crippen molar-refractivity contribution in [3.05, 3.63) is 44.7 Å². The van der Waals surface area contributed by atoms with Crippen LogP contribution in [0.4, 0.5) is 10.3 Å². The molecule has 0 radical (unpaired) electrons. The first-order valence-electron chi connectivity index (χ1n) is 15.2. The number of fused-ring (bicyclic) bond motifs is 2. The van der Waals surface area contributed by atoms with Crippen LogP contribution in [0.15, 0.2) is 43.6 Å². The second kappa shape index (κ2) is 16.5. The van der Waals surface area contributed by atoms with Gasteiger partial charge in [-0.15, -0.1) is 46.2 Å². The molecule has 4 unspecified atom stereocenters. The van der Waals surface area contributed by atoms with E-state index in [-0.39, 0.29) is 67.5 Å². The van der Waals surface area contributed by atoms with E-state index in [1.54, 1.807) is 0 Å². The lowest BCUT2D eigenvalue weighted by atomic mass is 10.0. The Morgan fingerprint density at radius 1 is 0.796 bits per heavy atom. The third kappa shape index (κ3) is 7.57. The summed E-state index contributed by atoms with van der Waals surface area (Å²) in [5.41, 5.74) is 11.8. The number of carboxylic acids is 2. The Labute approximate surface area is 329 Å². The molecule has 8 N–H and O–H groups in total. The van der Waals surface area contributed by atoms with Crippen LogP contribution in [0.5, 0.6) is 0 Å². The second-order valence-electron chi connectivity index (χ2n) is 11.1. The molecule has 0 spiro atoms. The molecule has 0 saturated carbocycles. The number of carboxylic acid groups (broad SMARTS) is 2. The minimum atomic E-state index is -1.31. The summed E-state index contributed by atoms with van der Waals surface area (Å²) >= 11 is 4.74. The van der Waals surface area contributed by atoms with E-state index in [2.05, 4.69) is 30.9 Å². The average Bonchev–Trinajstić information content (AvgIpc) is 3.78. The van der Waals surface area contributed by atoms with Gasteiger partial charge in [0.05, 0.1) is 0 Å². The minimum Gasteiger partial charge on any atom is -0.477 e. The van der Waals surface area contributed by atoms with E-state index in [0.29, 0.717) is 11.1 Å². The summed E-state index contributed by atoms with van der Waals surface area (Å²) in [6.45, 7) is 0. The Balaban J connectivity index is 1.06. The largest absolute Gasteiger partial charge is 0.477 e. The van der Waals surface area contributed by atoms with Crippen LogP contribution in [0.25, 0.3) is 0 Å². The fourth-order valence-corrected chi connectivity index (χ4v) is 11.9. The molecule has 2 fully saturated rings. The summed E-state index contributed by atoms with van der Waals surface area (Å²) in [6, 6.07) is -2.05. The van der Waals surface area contributed by atoms with Gasteiger partial charge in [0.1, 0.15) is 59.8 Å². The number of anilines is 2. The molecule has 26 heteroatoms. The number of rotatable bonds is 15. The molecular weight excluding hydrogens is 829 g/mol. The van der Waals surface area contributed by atoms with Crippen molar-refractivity contribution in [3.8, 4) is 0 Å². The zero-order valence-electron chi connectivity index (χ0n) is 27.7. The van der Waals surface area contributed by atoms with E-state index >= 15 is 0 Å². The van der Waals surface area contributed by atoms with Crippen molar-refractivity contribution < 1.29 is 48.7 Å². The molecule has 4 amide bonds. The van der Waals surface area contributed by atoms with Crippen molar-refractivity contribution >= 4 is 125 Å². The zero-order valence-corrected chi connectivity index (χ0v) is 32.6. The number of aliphatic carboxylic acids is 2. The fourth-order valence-electron chi connectivity index (χ4n) is 5.62. The van der Waals surface area contributed by atoms with Gasteiger partial charge >= 0.3 is 11.9 Å². The van der Waals surface area contributed by atoms with Crippen molar-refractivity contribution in [2.45, 2.75) is 22.8 Å². The van der Waals surface area contributed by atoms with Crippen LogP contribution in [0.1, 0.15) is 11.4 Å². The number of carbonyl (C=O) groups is 6. The number of oxime groups is 2. The molecule has 4 atom stereocenters. The molecule has 0 aliphatic carbocycles. The maximum Gasteiger partial charge on any atom is 0.352 e. The zero-order chi connectivity index (χ0) is 38.8. The van der Waals surface area contributed by atoms with Gasteiger partial charge in [0, 0.05) is 33.8 Å². The van der Waals surface area contributed by atoms with Crippen LogP contribution in [0.3, 0.4) is 0 Å². The van der Waals surface area contributed by atoms with Crippen LogP contribution in [0.2, 0.25) is 0 Å². The van der Waals surface area contributed by atoms with Gasteiger partial charge in [0.15, 0.2) is 21.7 Å². The Hall–Kier alpha value is -4.50. The summed E-state index contributed by atoms with van der Waals surface area (Å²) in [4.78, 5) is 97.1. The molecule has 286 valence electrons. The average molecular weight is 857 g/mol. The highest BCUT2D eigenvalue weighted by atomic mass is 33.1. The van der Waals surface area contributed by atoms with Crippen LogP contribution < -0.4 is 22.1 Å². The van der Waals surface area contributed by atoms with Crippen molar-refractivity contribution in [3.63, 3.8) is 0 Å². The first kappa shape index (κ1) is 39.2. The van der Waals surface area contributed by atoms with Gasteiger partial charge in [-0.25, -0.2) is 19.6 Å². The number of hydrogen-bond acceptors (Lipinski definition) is 20. The summed E-state index contributed by atoms with van der Waals surface area (Å²) in [6.07, 6.45) is 0. The third-order valence-corrected chi connectivity index (χ3v) is 14.3. The van der Waals surface area contributed by atoms with Crippen LogP contribution in [-0.2, 0) is 38.4 Å². The predicted octanol–water partition coefficient (Wildman–Crippen LogP) is 0.0238. The molecule has 2 aromatic heterocycles. The minimum absolute atomic E-state index is 0.156. The second-order valence-corrected chi connectivity index (χ2v) is 17.6. The van der Waals surface area contributed by atoms with E-state index in [9.17, 15) is 39.0 Å². The van der Waals surface area contributed by atoms with Gasteiger partial charge in [-0.1, -0.05) is 31.9 Å². The number of β-lactam (4-membered cyclic amide) rings is 2. The molecule has 0 aromatic carbocycles. The van der Waals surface area contributed by atoms with Crippen LogP contribution in [0, 0.1) is 0 Å². The molecule has 54 heavy (non-hydrogen) atoms. The number of aromatic nitrogens is 2. The lowest BCUT2D eigenvalue weighted by Gasteiger charge is -2.49. The van der Waals surface area contributed by atoms with Crippen molar-refractivity contribution in [2.24, 2.45) is 10.3 Å². The highest BCUT2D eigenvalue weighted by Gasteiger charge is 2.56. The predicted molar refractivity (Wildman–Crippen MR) is 204 cm³/mol. The summed E-state index contributed by atoms with van der Waals surface area (Å²) in [5.74, 6) is -4.44. The number of carbonyl (C=O) groups excluding carboxylic acids is 4. The number of nitrogens with one attached hydrogen (secondary N) is 2. The Morgan fingerprint density at radius 2 is 1.19 bits per heavy atom. The SMILES string of the molecule is CO/N=C(/C(=O)NC1C(=O)N2C(C(=O)O)=C(CSSCC3=C(C(=O)O)N4C(=O)C(NC(=O)/C(=N/OC)c5csc(N)n5)C4SC3)CSC12)c1csc(N)n1. The number of hydrogen-bond donors (Lipinski definition) is 6. The molecule has 6 heterocycles. The lowest BCUT2D eigenvalue weighted by Crippen LogP contribution is -2.71. The quantitative estimate of drug-likeness (QED) is 0.0453. The smallest absolute Gasteiger partial charge is 0.352 e. The first-order valence-corrected chi connectivity index (χ1v) is 21.5. The van der Waals surface area contributed by atoms with Gasteiger partial charge in [-0.2, -0.15) is 0 Å². The van der Waals surface area contributed by atoms with E-state index < -0.39 is 58.4 Å². The normalized spacial score (nSPS) is 22.6. The Bertz CT molecular complexity index is 1910. The topological polar surface area (TPSA) is 294 Å². The molecule has 4 aliphatic rings. The molecule has 2 saturated heterocycles. The number of thiazole rings is 2. The van der Waals surface area contributed by atoms with Crippen molar-refractivity contribution in [1.29, 1.82) is 0 Å².